The summed E-state index contributed by atoms with van der Waals surface area (Å²) < 4.78 is 1.95. The smallest absolute Gasteiger partial charge is 0.285 e. The van der Waals surface area contributed by atoms with Crippen molar-refractivity contribution in [2.75, 3.05) is 19.6 Å². The van der Waals surface area contributed by atoms with Gasteiger partial charge in [0.05, 0.1) is 5.56 Å². The fraction of sp³-hybridized carbons (Fsp3) is 0.360. The summed E-state index contributed by atoms with van der Waals surface area (Å²) in [7, 11) is 0. The molecular weight excluding hydrogens is 436 g/mol. The van der Waals surface area contributed by atoms with Crippen LogP contribution in [0.3, 0.4) is 0 Å². The van der Waals surface area contributed by atoms with E-state index in [1.807, 2.05) is 63.5 Å². The van der Waals surface area contributed by atoms with Gasteiger partial charge in [-0.1, -0.05) is 30.3 Å². The second-order valence-corrected chi connectivity index (χ2v) is 9.58. The van der Waals surface area contributed by atoms with E-state index in [0.29, 0.717) is 44.1 Å². The molecule has 2 amide bonds. The zero-order chi connectivity index (χ0) is 23.0. The molecule has 5 rings (SSSR count). The van der Waals surface area contributed by atoms with Gasteiger partial charge in [-0.25, -0.2) is 0 Å². The average Bonchev–Trinajstić information content (AvgIpc) is 3.59. The lowest BCUT2D eigenvalue weighted by molar-refractivity contribution is 0.0748. The predicted octanol–water partition coefficient (Wildman–Crippen LogP) is 3.15. The molecule has 33 heavy (non-hydrogen) atoms. The Kier molecular flexibility index (Phi) is 5.62. The van der Waals surface area contributed by atoms with E-state index in [1.165, 1.54) is 11.3 Å². The number of carbonyl (C=O) groups excluding carboxylic acids is 2. The first-order valence-electron chi connectivity index (χ1n) is 11.3. The molecule has 170 valence electrons. The van der Waals surface area contributed by atoms with Gasteiger partial charge in [-0.2, -0.15) is 16.3 Å². The molecule has 1 atom stereocenters. The van der Waals surface area contributed by atoms with Crippen LogP contribution in [0, 0.1) is 0 Å². The molecule has 0 aliphatic carbocycles. The Labute approximate surface area is 196 Å². The molecule has 1 spiro atoms. The summed E-state index contributed by atoms with van der Waals surface area (Å²) in [5.41, 5.74) is 1.03. The molecule has 4 heterocycles. The molecule has 2 aromatic heterocycles. The van der Waals surface area contributed by atoms with Gasteiger partial charge >= 0.3 is 0 Å². The van der Waals surface area contributed by atoms with Crippen molar-refractivity contribution in [3.05, 3.63) is 86.2 Å². The number of benzene rings is 1. The van der Waals surface area contributed by atoms with E-state index in [-0.39, 0.29) is 22.8 Å². The van der Waals surface area contributed by atoms with Crippen LogP contribution < -0.4 is 5.56 Å². The molecular formula is C25H26N4O3S. The summed E-state index contributed by atoms with van der Waals surface area (Å²) in [6.45, 7) is 4.74. The van der Waals surface area contributed by atoms with Gasteiger partial charge in [0.15, 0.2) is 0 Å². The number of fused-ring (bicyclic) bond motifs is 2. The SMILES string of the molecule is CCN(Cc1ccccc1)C(=O)c1cn2c(nc1=O)[C@@]1(CCN(C(=O)c3ccsc3)C1)CC2. The number of thiophene rings is 1. The van der Waals surface area contributed by atoms with Crippen molar-refractivity contribution in [2.45, 2.75) is 38.3 Å². The summed E-state index contributed by atoms with van der Waals surface area (Å²) in [6, 6.07) is 11.6. The first-order valence-corrected chi connectivity index (χ1v) is 12.2. The molecule has 0 saturated carbocycles. The standard InChI is InChI=1S/C25H26N4O3S/c1-2-27(14-18-6-4-3-5-7-18)23(32)20-15-28-11-9-25(24(28)26-21(20)30)10-12-29(17-25)22(31)19-8-13-33-16-19/h3-8,13,15-16H,2,9-12,14,17H2,1H3/t25-/m1/s1. The summed E-state index contributed by atoms with van der Waals surface area (Å²) in [5.74, 6) is 0.437. The Bertz CT molecular complexity index is 1240. The van der Waals surface area contributed by atoms with E-state index in [0.717, 1.165) is 18.4 Å². The maximum absolute atomic E-state index is 13.2. The molecule has 1 aromatic carbocycles. The lowest BCUT2D eigenvalue weighted by Crippen LogP contribution is -2.37. The highest BCUT2D eigenvalue weighted by molar-refractivity contribution is 7.08. The van der Waals surface area contributed by atoms with E-state index in [4.69, 9.17) is 0 Å². The lowest BCUT2D eigenvalue weighted by atomic mass is 9.85. The Hall–Kier alpha value is -3.26. The van der Waals surface area contributed by atoms with E-state index in [1.54, 1.807) is 11.1 Å². The summed E-state index contributed by atoms with van der Waals surface area (Å²) >= 11 is 1.51. The summed E-state index contributed by atoms with van der Waals surface area (Å²) in [5, 5.41) is 3.77. The minimum atomic E-state index is -0.485. The largest absolute Gasteiger partial charge is 0.338 e. The van der Waals surface area contributed by atoms with E-state index >= 15 is 0 Å². The monoisotopic (exact) mass is 462 g/mol. The highest BCUT2D eigenvalue weighted by Crippen LogP contribution is 2.41. The Morgan fingerprint density at radius 1 is 1.15 bits per heavy atom. The van der Waals surface area contributed by atoms with Crippen molar-refractivity contribution in [2.24, 2.45) is 0 Å². The first kappa shape index (κ1) is 21.6. The zero-order valence-electron chi connectivity index (χ0n) is 18.6. The molecule has 1 fully saturated rings. The molecule has 3 aromatic rings. The fourth-order valence-corrected chi connectivity index (χ4v) is 5.61. The van der Waals surface area contributed by atoms with Crippen LogP contribution in [0.25, 0.3) is 0 Å². The van der Waals surface area contributed by atoms with E-state index in [9.17, 15) is 14.4 Å². The minimum absolute atomic E-state index is 0.0280. The molecule has 1 saturated heterocycles. The van der Waals surface area contributed by atoms with Gasteiger partial charge in [0.25, 0.3) is 17.4 Å². The Morgan fingerprint density at radius 3 is 2.67 bits per heavy atom. The number of likely N-dealkylation sites (tertiary alicyclic amines) is 1. The van der Waals surface area contributed by atoms with Crippen LogP contribution in [0.15, 0.2) is 58.1 Å². The van der Waals surface area contributed by atoms with Gasteiger partial charge in [-0.05, 0) is 36.8 Å². The Morgan fingerprint density at radius 2 is 1.94 bits per heavy atom. The van der Waals surface area contributed by atoms with Crippen LogP contribution in [0.2, 0.25) is 0 Å². The predicted molar refractivity (Wildman–Crippen MR) is 126 cm³/mol. The zero-order valence-corrected chi connectivity index (χ0v) is 19.4. The average molecular weight is 463 g/mol. The van der Waals surface area contributed by atoms with Crippen molar-refractivity contribution in [3.63, 3.8) is 0 Å². The molecule has 8 heteroatoms. The second-order valence-electron chi connectivity index (χ2n) is 8.80. The lowest BCUT2D eigenvalue weighted by Gasteiger charge is -2.24. The summed E-state index contributed by atoms with van der Waals surface area (Å²) in [6.07, 6.45) is 3.27. The van der Waals surface area contributed by atoms with Gasteiger partial charge in [0, 0.05) is 49.7 Å². The topological polar surface area (TPSA) is 75.5 Å². The third-order valence-electron chi connectivity index (χ3n) is 6.83. The normalized spacial score (nSPS) is 19.1. The number of aromatic nitrogens is 2. The first-order chi connectivity index (χ1) is 16.0. The van der Waals surface area contributed by atoms with Gasteiger partial charge in [0.1, 0.15) is 11.4 Å². The van der Waals surface area contributed by atoms with Crippen LogP contribution in [0.1, 0.15) is 51.9 Å². The van der Waals surface area contributed by atoms with Gasteiger partial charge in [-0.3, -0.25) is 14.4 Å². The summed E-state index contributed by atoms with van der Waals surface area (Å²) in [4.78, 5) is 47.0. The molecule has 0 N–H and O–H groups in total. The third kappa shape index (κ3) is 3.88. The van der Waals surface area contributed by atoms with Crippen molar-refractivity contribution < 1.29 is 9.59 Å². The third-order valence-corrected chi connectivity index (χ3v) is 7.51. The van der Waals surface area contributed by atoms with Crippen LogP contribution in [0.4, 0.5) is 0 Å². The van der Waals surface area contributed by atoms with Crippen molar-refractivity contribution in [3.8, 4) is 0 Å². The number of nitrogens with zero attached hydrogens (tertiary/aromatic N) is 4. The number of rotatable bonds is 5. The molecule has 0 unspecified atom stereocenters. The number of hydrogen-bond acceptors (Lipinski definition) is 5. The van der Waals surface area contributed by atoms with Crippen molar-refractivity contribution in [1.82, 2.24) is 19.4 Å². The maximum Gasteiger partial charge on any atom is 0.285 e. The molecule has 0 radical (unpaired) electrons. The van der Waals surface area contributed by atoms with Crippen LogP contribution >= 0.6 is 11.3 Å². The van der Waals surface area contributed by atoms with Crippen LogP contribution in [-0.4, -0.2) is 50.8 Å². The van der Waals surface area contributed by atoms with E-state index in [2.05, 4.69) is 4.98 Å². The van der Waals surface area contributed by atoms with Crippen molar-refractivity contribution in [1.29, 1.82) is 0 Å². The molecule has 7 nitrogen and oxygen atoms in total. The van der Waals surface area contributed by atoms with E-state index < -0.39 is 5.56 Å². The van der Waals surface area contributed by atoms with Gasteiger partial charge in [0.2, 0.25) is 0 Å². The number of amides is 2. The highest BCUT2D eigenvalue weighted by atomic mass is 32.1. The maximum atomic E-state index is 13.2. The number of hydrogen-bond donors (Lipinski definition) is 0. The quantitative estimate of drug-likeness (QED) is 0.584. The molecule has 2 aliphatic heterocycles. The van der Waals surface area contributed by atoms with Crippen molar-refractivity contribution >= 4 is 23.2 Å². The van der Waals surface area contributed by atoms with Crippen LogP contribution in [-0.2, 0) is 18.5 Å². The van der Waals surface area contributed by atoms with Gasteiger partial charge < -0.3 is 14.4 Å². The second kappa shape index (κ2) is 8.59. The Balaban J connectivity index is 1.38. The molecule has 0 bridgehead atoms. The van der Waals surface area contributed by atoms with Crippen LogP contribution in [0.5, 0.6) is 0 Å². The van der Waals surface area contributed by atoms with Gasteiger partial charge in [-0.15, -0.1) is 0 Å². The molecule has 2 aliphatic rings. The number of carbonyl (C=O) groups is 2. The fourth-order valence-electron chi connectivity index (χ4n) is 4.98. The highest BCUT2D eigenvalue weighted by Gasteiger charge is 2.47. The minimum Gasteiger partial charge on any atom is -0.338 e. The number of aryl methyl sites for hydroxylation is 1.